The molecule has 116 valence electrons. The first-order valence-electron chi connectivity index (χ1n) is 6.57. The third kappa shape index (κ3) is 4.59. The van der Waals surface area contributed by atoms with Crippen LogP contribution in [-0.2, 0) is 14.3 Å². The minimum absolute atomic E-state index is 0.0319. The Morgan fingerprint density at radius 1 is 1.38 bits per heavy atom. The molecular formula is C13H19N3O5. The number of aromatic amines is 1. The van der Waals surface area contributed by atoms with Gasteiger partial charge in [0.15, 0.2) is 0 Å². The fourth-order valence-electron chi connectivity index (χ4n) is 1.87. The van der Waals surface area contributed by atoms with Crippen LogP contribution < -0.4 is 5.32 Å². The van der Waals surface area contributed by atoms with Crippen LogP contribution in [0.2, 0.25) is 0 Å². The van der Waals surface area contributed by atoms with Crippen LogP contribution in [0.1, 0.15) is 41.5 Å². The van der Waals surface area contributed by atoms with Crippen LogP contribution in [0.25, 0.3) is 0 Å². The van der Waals surface area contributed by atoms with Crippen LogP contribution >= 0.6 is 0 Å². The maximum Gasteiger partial charge on any atom is 0.326 e. The topological polar surface area (TPSA) is 121 Å². The zero-order valence-electron chi connectivity index (χ0n) is 12.2. The molecular weight excluding hydrogens is 278 g/mol. The van der Waals surface area contributed by atoms with Crippen LogP contribution in [0.4, 0.5) is 0 Å². The van der Waals surface area contributed by atoms with E-state index in [4.69, 9.17) is 9.84 Å². The first kappa shape index (κ1) is 16.7. The number of esters is 1. The Balaban J connectivity index is 2.69. The fraction of sp³-hybridized carbons (Fsp3) is 0.538. The Bertz CT molecular complexity index is 518. The van der Waals surface area contributed by atoms with Crippen molar-refractivity contribution in [2.45, 2.75) is 39.7 Å². The smallest absolute Gasteiger partial charge is 0.326 e. The SMILES string of the molecule is CCOC(=O)CC[C@H](NC(=O)c1c(C)n[nH]c1C)C(=O)O. The number of aliphatic carboxylic acids is 1. The van der Waals surface area contributed by atoms with Gasteiger partial charge in [-0.05, 0) is 27.2 Å². The molecule has 1 rings (SSSR count). The first-order valence-corrected chi connectivity index (χ1v) is 6.57. The molecule has 0 unspecified atom stereocenters. The zero-order chi connectivity index (χ0) is 16.0. The van der Waals surface area contributed by atoms with Crippen molar-refractivity contribution in [1.29, 1.82) is 0 Å². The van der Waals surface area contributed by atoms with E-state index in [1.54, 1.807) is 20.8 Å². The Morgan fingerprint density at radius 3 is 2.52 bits per heavy atom. The van der Waals surface area contributed by atoms with E-state index in [-0.39, 0.29) is 19.4 Å². The molecule has 1 atom stereocenters. The molecule has 0 aliphatic rings. The summed E-state index contributed by atoms with van der Waals surface area (Å²) in [6.07, 6.45) is -0.107. The van der Waals surface area contributed by atoms with E-state index in [9.17, 15) is 14.4 Å². The summed E-state index contributed by atoms with van der Waals surface area (Å²) in [5.74, 6) is -2.23. The normalized spacial score (nSPS) is 11.8. The second-order valence-electron chi connectivity index (χ2n) is 4.52. The number of ether oxygens (including phenoxy) is 1. The highest BCUT2D eigenvalue weighted by molar-refractivity contribution is 5.98. The molecule has 0 fully saturated rings. The monoisotopic (exact) mass is 297 g/mol. The number of hydrogen-bond donors (Lipinski definition) is 3. The van der Waals surface area contributed by atoms with Gasteiger partial charge >= 0.3 is 11.9 Å². The lowest BCUT2D eigenvalue weighted by Crippen LogP contribution is -2.41. The summed E-state index contributed by atoms with van der Waals surface area (Å²) in [4.78, 5) is 34.5. The molecule has 0 aliphatic carbocycles. The average Bonchev–Trinajstić information content (AvgIpc) is 2.74. The van der Waals surface area contributed by atoms with Crippen LogP contribution in [0.3, 0.4) is 0 Å². The Hall–Kier alpha value is -2.38. The van der Waals surface area contributed by atoms with E-state index in [1.807, 2.05) is 0 Å². The predicted octanol–water partition coefficient (Wildman–Crippen LogP) is 0.553. The first-order chi connectivity index (χ1) is 9.86. The molecule has 0 aromatic carbocycles. The minimum atomic E-state index is -1.20. The number of carbonyl (C=O) groups is 3. The van der Waals surface area contributed by atoms with E-state index >= 15 is 0 Å². The maximum atomic E-state index is 12.1. The Labute approximate surface area is 121 Å². The van der Waals surface area contributed by atoms with Gasteiger partial charge in [0.25, 0.3) is 5.91 Å². The zero-order valence-corrected chi connectivity index (χ0v) is 12.2. The van der Waals surface area contributed by atoms with E-state index in [2.05, 4.69) is 15.5 Å². The molecule has 0 spiro atoms. The van der Waals surface area contributed by atoms with E-state index in [0.717, 1.165) is 0 Å². The van der Waals surface area contributed by atoms with Crippen molar-refractivity contribution >= 4 is 17.8 Å². The number of rotatable bonds is 7. The third-order valence-electron chi connectivity index (χ3n) is 2.90. The predicted molar refractivity (Wildman–Crippen MR) is 72.8 cm³/mol. The van der Waals surface area contributed by atoms with E-state index in [1.165, 1.54) is 0 Å². The molecule has 1 heterocycles. The molecule has 0 saturated heterocycles. The second-order valence-corrected chi connectivity index (χ2v) is 4.52. The van der Waals surface area contributed by atoms with Crippen molar-refractivity contribution in [2.75, 3.05) is 6.61 Å². The number of aryl methyl sites for hydroxylation is 2. The summed E-state index contributed by atoms with van der Waals surface area (Å²) < 4.78 is 4.73. The van der Waals surface area contributed by atoms with Gasteiger partial charge in [0.05, 0.1) is 17.9 Å². The van der Waals surface area contributed by atoms with Gasteiger partial charge in [-0.2, -0.15) is 5.10 Å². The Kier molecular flexibility index (Phi) is 5.89. The molecule has 1 aromatic heterocycles. The molecule has 0 saturated carbocycles. The summed E-state index contributed by atoms with van der Waals surface area (Å²) in [6.45, 7) is 5.21. The Morgan fingerprint density at radius 2 is 2.05 bits per heavy atom. The molecule has 0 aliphatic heterocycles. The number of hydrogen-bond acceptors (Lipinski definition) is 5. The number of carbonyl (C=O) groups excluding carboxylic acids is 2. The average molecular weight is 297 g/mol. The van der Waals surface area contributed by atoms with Gasteiger partial charge < -0.3 is 15.2 Å². The number of nitrogens with one attached hydrogen (secondary N) is 2. The number of aromatic nitrogens is 2. The van der Waals surface area contributed by atoms with Crippen LogP contribution in [-0.4, -0.2) is 45.8 Å². The van der Waals surface area contributed by atoms with Gasteiger partial charge in [-0.25, -0.2) is 4.79 Å². The molecule has 21 heavy (non-hydrogen) atoms. The van der Waals surface area contributed by atoms with Crippen molar-refractivity contribution in [3.63, 3.8) is 0 Å². The van der Waals surface area contributed by atoms with Crippen LogP contribution in [0, 0.1) is 13.8 Å². The lowest BCUT2D eigenvalue weighted by atomic mass is 10.1. The van der Waals surface area contributed by atoms with Crippen LogP contribution in [0.5, 0.6) is 0 Å². The molecule has 1 aromatic rings. The highest BCUT2D eigenvalue weighted by Crippen LogP contribution is 2.10. The number of H-pyrrole nitrogens is 1. The molecule has 8 nitrogen and oxygen atoms in total. The second kappa shape index (κ2) is 7.41. The molecule has 3 N–H and O–H groups in total. The van der Waals surface area contributed by atoms with Crippen molar-refractivity contribution in [1.82, 2.24) is 15.5 Å². The third-order valence-corrected chi connectivity index (χ3v) is 2.90. The highest BCUT2D eigenvalue weighted by Gasteiger charge is 2.24. The highest BCUT2D eigenvalue weighted by atomic mass is 16.5. The molecule has 0 radical (unpaired) electrons. The number of amides is 1. The quantitative estimate of drug-likeness (QED) is 0.632. The molecule has 0 bridgehead atoms. The van der Waals surface area contributed by atoms with Crippen LogP contribution in [0.15, 0.2) is 0 Å². The van der Waals surface area contributed by atoms with Gasteiger partial charge in [0, 0.05) is 12.1 Å². The summed E-state index contributed by atoms with van der Waals surface area (Å²) in [6, 6.07) is -1.16. The lowest BCUT2D eigenvalue weighted by molar-refractivity contribution is -0.144. The van der Waals surface area contributed by atoms with Gasteiger partial charge in [-0.15, -0.1) is 0 Å². The molecule has 1 amide bonds. The van der Waals surface area contributed by atoms with Crippen molar-refractivity contribution in [2.24, 2.45) is 0 Å². The van der Waals surface area contributed by atoms with Crippen molar-refractivity contribution < 1.29 is 24.2 Å². The summed E-state index contributed by atoms with van der Waals surface area (Å²) in [5.41, 5.74) is 1.36. The fourth-order valence-corrected chi connectivity index (χ4v) is 1.87. The number of carboxylic acid groups (broad SMARTS) is 1. The number of nitrogens with zero attached hydrogens (tertiary/aromatic N) is 1. The van der Waals surface area contributed by atoms with Gasteiger partial charge in [0.2, 0.25) is 0 Å². The lowest BCUT2D eigenvalue weighted by Gasteiger charge is -2.14. The van der Waals surface area contributed by atoms with E-state index < -0.39 is 23.9 Å². The van der Waals surface area contributed by atoms with Crippen molar-refractivity contribution in [3.05, 3.63) is 17.0 Å². The van der Waals surface area contributed by atoms with Gasteiger partial charge in [-0.1, -0.05) is 0 Å². The standard InChI is InChI=1S/C13H19N3O5/c1-4-21-10(17)6-5-9(13(19)20)14-12(18)11-7(2)15-16-8(11)3/h9H,4-6H2,1-3H3,(H,14,18)(H,15,16)(H,19,20)/t9-/m0/s1. The summed E-state index contributed by atoms with van der Waals surface area (Å²) in [5, 5.41) is 18.0. The maximum absolute atomic E-state index is 12.1. The van der Waals surface area contributed by atoms with Gasteiger partial charge in [0.1, 0.15) is 6.04 Å². The summed E-state index contributed by atoms with van der Waals surface area (Å²) in [7, 11) is 0. The summed E-state index contributed by atoms with van der Waals surface area (Å²) >= 11 is 0. The minimum Gasteiger partial charge on any atom is -0.480 e. The van der Waals surface area contributed by atoms with E-state index in [0.29, 0.717) is 17.0 Å². The largest absolute Gasteiger partial charge is 0.480 e. The van der Waals surface area contributed by atoms with Crippen molar-refractivity contribution in [3.8, 4) is 0 Å². The van der Waals surface area contributed by atoms with Gasteiger partial charge in [-0.3, -0.25) is 14.7 Å². The molecule has 8 heteroatoms. The number of carboxylic acids is 1.